The molecule has 5 nitrogen and oxygen atoms in total. The Morgan fingerprint density at radius 2 is 1.38 bits per heavy atom. The van der Waals surface area contributed by atoms with Crippen molar-refractivity contribution < 1.29 is 35.9 Å². The van der Waals surface area contributed by atoms with Gasteiger partial charge < -0.3 is 15.5 Å². The molecule has 2 atom stereocenters. The molecular weight excluding hydrogens is 524 g/mol. The van der Waals surface area contributed by atoms with Crippen molar-refractivity contribution >= 4 is 11.9 Å². The third-order valence-corrected chi connectivity index (χ3v) is 7.40. The first-order valence-corrected chi connectivity index (χ1v) is 13.1. The summed E-state index contributed by atoms with van der Waals surface area (Å²) in [4.78, 5) is 27.4. The van der Waals surface area contributed by atoms with E-state index >= 15 is 0 Å². The number of amides is 3. The molecule has 39 heavy (non-hydrogen) atoms. The van der Waals surface area contributed by atoms with Crippen LogP contribution in [-0.2, 0) is 18.8 Å². The first-order chi connectivity index (χ1) is 18.4. The van der Waals surface area contributed by atoms with Crippen LogP contribution in [0.1, 0.15) is 72.0 Å². The highest BCUT2D eigenvalue weighted by atomic mass is 19.4. The van der Waals surface area contributed by atoms with Crippen LogP contribution in [0.2, 0.25) is 0 Å². The number of carbonyl (C=O) groups is 2. The van der Waals surface area contributed by atoms with E-state index in [2.05, 4.69) is 10.6 Å². The lowest BCUT2D eigenvalue weighted by atomic mass is 9.91. The molecule has 1 saturated heterocycles. The fraction of sp³-hybridized carbons (Fsp3) is 0.500. The second-order valence-corrected chi connectivity index (χ2v) is 10.3. The maximum Gasteiger partial charge on any atom is 0.416 e. The van der Waals surface area contributed by atoms with Crippen molar-refractivity contribution in [3.8, 4) is 0 Å². The van der Waals surface area contributed by atoms with Gasteiger partial charge in [-0.2, -0.15) is 26.3 Å². The zero-order valence-electron chi connectivity index (χ0n) is 21.2. The van der Waals surface area contributed by atoms with Crippen LogP contribution in [0.3, 0.4) is 0 Å². The minimum absolute atomic E-state index is 0.0132. The van der Waals surface area contributed by atoms with Crippen molar-refractivity contribution in [2.45, 2.75) is 81.8 Å². The van der Waals surface area contributed by atoms with E-state index in [0.29, 0.717) is 31.4 Å². The van der Waals surface area contributed by atoms with Crippen LogP contribution < -0.4 is 10.6 Å². The summed E-state index contributed by atoms with van der Waals surface area (Å²) < 4.78 is 80.4. The Morgan fingerprint density at radius 1 is 0.795 bits per heavy atom. The Bertz CT molecular complexity index is 1110. The number of likely N-dealkylation sites (tertiary alicyclic amines) is 1. The molecular formula is C28H31F6N3O2. The normalized spacial score (nSPS) is 20.9. The van der Waals surface area contributed by atoms with E-state index in [9.17, 15) is 35.9 Å². The Kier molecular flexibility index (Phi) is 8.76. The quantitative estimate of drug-likeness (QED) is 0.410. The van der Waals surface area contributed by atoms with Crippen LogP contribution in [0.15, 0.2) is 48.5 Å². The summed E-state index contributed by atoms with van der Waals surface area (Å²) in [6, 6.07) is 8.99. The largest absolute Gasteiger partial charge is 0.416 e. The van der Waals surface area contributed by atoms with Gasteiger partial charge in [-0.15, -0.1) is 0 Å². The topological polar surface area (TPSA) is 61.4 Å². The maximum atomic E-state index is 13.4. The van der Waals surface area contributed by atoms with Crippen molar-refractivity contribution in [2.75, 3.05) is 6.54 Å². The molecule has 2 unspecified atom stereocenters. The summed E-state index contributed by atoms with van der Waals surface area (Å²) in [6.45, 7) is 0.0717. The number of carbonyl (C=O) groups excluding carboxylic acids is 2. The summed E-state index contributed by atoms with van der Waals surface area (Å²) in [6.07, 6.45) is -4.08. The zero-order chi connectivity index (χ0) is 28.2. The van der Waals surface area contributed by atoms with E-state index < -0.39 is 41.0 Å². The minimum Gasteiger partial charge on any atom is -0.335 e. The number of benzene rings is 2. The molecule has 0 spiro atoms. The maximum absolute atomic E-state index is 13.4. The third kappa shape index (κ3) is 7.67. The number of piperidine rings is 1. The molecule has 4 rings (SSSR count). The first kappa shape index (κ1) is 28.8. The second kappa shape index (κ2) is 11.9. The number of nitrogens with zero attached hydrogens (tertiary/aromatic N) is 1. The van der Waals surface area contributed by atoms with Crippen LogP contribution in [0.25, 0.3) is 0 Å². The molecule has 2 aliphatic rings. The highest BCUT2D eigenvalue weighted by Crippen LogP contribution is 2.37. The van der Waals surface area contributed by atoms with Crippen LogP contribution in [0.5, 0.6) is 0 Å². The second-order valence-electron chi connectivity index (χ2n) is 10.3. The highest BCUT2D eigenvalue weighted by Gasteiger charge is 2.39. The van der Waals surface area contributed by atoms with Gasteiger partial charge >= 0.3 is 18.4 Å². The van der Waals surface area contributed by atoms with E-state index in [1.807, 2.05) is 18.2 Å². The lowest BCUT2D eigenvalue weighted by molar-refractivity contribution is -0.143. The molecule has 1 aliphatic heterocycles. The van der Waals surface area contributed by atoms with Crippen molar-refractivity contribution in [1.82, 2.24) is 15.5 Å². The van der Waals surface area contributed by atoms with Crippen LogP contribution in [0.4, 0.5) is 31.1 Å². The Hall–Kier alpha value is -3.24. The van der Waals surface area contributed by atoms with E-state index in [0.717, 1.165) is 37.7 Å². The summed E-state index contributed by atoms with van der Waals surface area (Å²) in [7, 11) is 0. The van der Waals surface area contributed by atoms with Crippen LogP contribution >= 0.6 is 0 Å². The SMILES string of the molecule is O=C(NC1CCCCC1)NC1CCN(C(=O)c2cc(C(F)(F)F)cc(C(F)(F)F)c2)C(Cc2ccccc2)C1. The molecule has 0 radical (unpaired) electrons. The summed E-state index contributed by atoms with van der Waals surface area (Å²) in [5.74, 6) is -0.905. The molecule has 1 aliphatic carbocycles. The van der Waals surface area contributed by atoms with Crippen molar-refractivity contribution in [1.29, 1.82) is 0 Å². The molecule has 2 aromatic carbocycles. The molecule has 1 heterocycles. The van der Waals surface area contributed by atoms with E-state index in [1.54, 1.807) is 12.1 Å². The van der Waals surface area contributed by atoms with E-state index in [1.165, 1.54) is 4.90 Å². The first-order valence-electron chi connectivity index (χ1n) is 13.1. The fourth-order valence-corrected chi connectivity index (χ4v) is 5.43. The van der Waals surface area contributed by atoms with Crippen LogP contribution in [0, 0.1) is 0 Å². The van der Waals surface area contributed by atoms with Gasteiger partial charge in [-0.1, -0.05) is 49.6 Å². The molecule has 11 heteroatoms. The molecule has 1 saturated carbocycles. The Labute approximate surface area is 222 Å². The number of urea groups is 1. The standard InChI is InChI=1S/C28H31F6N3O2/c29-27(30,31)20-14-19(15-21(16-20)28(32,33)34)25(38)37-12-11-23(17-24(37)13-18-7-3-1-4-8-18)36-26(39)35-22-9-5-2-6-10-22/h1,3-4,7-8,14-16,22-24H,2,5-6,9-13,17H2,(H2,35,36,39). The number of rotatable bonds is 5. The van der Waals surface area contributed by atoms with Gasteiger partial charge in [-0.05, 0) is 55.9 Å². The average molecular weight is 556 g/mol. The number of hydrogen-bond acceptors (Lipinski definition) is 2. The number of nitrogens with one attached hydrogen (secondary N) is 2. The minimum atomic E-state index is -5.05. The molecule has 0 aromatic heterocycles. The van der Waals surface area contributed by atoms with Gasteiger partial charge in [0.25, 0.3) is 5.91 Å². The van der Waals surface area contributed by atoms with E-state index in [-0.39, 0.29) is 30.7 Å². The van der Waals surface area contributed by atoms with Crippen molar-refractivity contribution in [3.05, 3.63) is 70.8 Å². The summed E-state index contributed by atoms with van der Waals surface area (Å²) in [5, 5.41) is 5.94. The number of hydrogen-bond donors (Lipinski definition) is 2. The van der Waals surface area contributed by atoms with Gasteiger partial charge in [0.15, 0.2) is 0 Å². The van der Waals surface area contributed by atoms with Gasteiger partial charge in [0.2, 0.25) is 0 Å². The summed E-state index contributed by atoms with van der Waals surface area (Å²) >= 11 is 0. The molecule has 3 amide bonds. The Balaban J connectivity index is 1.55. The Morgan fingerprint density at radius 3 is 1.97 bits per heavy atom. The van der Waals surface area contributed by atoms with Gasteiger partial charge in [0, 0.05) is 30.2 Å². The van der Waals surface area contributed by atoms with Crippen molar-refractivity contribution in [3.63, 3.8) is 0 Å². The lowest BCUT2D eigenvalue weighted by Crippen LogP contribution is -2.55. The summed E-state index contributed by atoms with van der Waals surface area (Å²) in [5.41, 5.74) is -2.88. The van der Waals surface area contributed by atoms with Gasteiger partial charge in [-0.3, -0.25) is 4.79 Å². The zero-order valence-corrected chi connectivity index (χ0v) is 21.2. The molecule has 2 aromatic rings. The van der Waals surface area contributed by atoms with Crippen LogP contribution in [-0.4, -0.2) is 41.5 Å². The molecule has 2 fully saturated rings. The molecule has 212 valence electrons. The molecule has 2 N–H and O–H groups in total. The average Bonchev–Trinajstić information content (AvgIpc) is 2.88. The van der Waals surface area contributed by atoms with E-state index in [4.69, 9.17) is 0 Å². The number of alkyl halides is 6. The number of halogens is 6. The highest BCUT2D eigenvalue weighted by molar-refractivity contribution is 5.95. The predicted molar refractivity (Wildman–Crippen MR) is 133 cm³/mol. The predicted octanol–water partition coefficient (Wildman–Crippen LogP) is 6.57. The van der Waals surface area contributed by atoms with Gasteiger partial charge in [0.05, 0.1) is 11.1 Å². The third-order valence-electron chi connectivity index (χ3n) is 7.40. The van der Waals surface area contributed by atoms with Gasteiger partial charge in [0.1, 0.15) is 0 Å². The fourth-order valence-electron chi connectivity index (χ4n) is 5.43. The van der Waals surface area contributed by atoms with Crippen molar-refractivity contribution in [2.24, 2.45) is 0 Å². The monoisotopic (exact) mass is 555 g/mol. The smallest absolute Gasteiger partial charge is 0.335 e. The molecule has 0 bridgehead atoms. The van der Waals surface area contributed by atoms with Gasteiger partial charge in [-0.25, -0.2) is 4.79 Å². The lowest BCUT2D eigenvalue weighted by Gasteiger charge is -2.40.